The Morgan fingerprint density at radius 2 is 1.88 bits per heavy atom. The van der Waals surface area contributed by atoms with Crippen LogP contribution in [-0.4, -0.2) is 20.8 Å². The van der Waals surface area contributed by atoms with Crippen molar-refractivity contribution in [2.24, 2.45) is 0 Å². The number of carbonyl (C=O) groups is 1. The van der Waals surface area contributed by atoms with Crippen LogP contribution in [-0.2, 0) is 0 Å². The van der Waals surface area contributed by atoms with Crippen LogP contribution in [0.2, 0.25) is 0 Å². The summed E-state index contributed by atoms with van der Waals surface area (Å²) >= 11 is 0. The number of aryl methyl sites for hydroxylation is 1. The number of aromatic nitrogens is 2. The van der Waals surface area contributed by atoms with E-state index in [1.165, 1.54) is 4.57 Å². The van der Waals surface area contributed by atoms with Gasteiger partial charge in [-0.2, -0.15) is 0 Å². The van der Waals surface area contributed by atoms with E-state index in [1.54, 1.807) is 25.1 Å². The average Bonchev–Trinajstić information content (AvgIpc) is 2.54. The molecule has 2 aromatic carbocycles. The molecule has 0 saturated heterocycles. The second-order valence-corrected chi connectivity index (χ2v) is 5.59. The third-order valence-electron chi connectivity index (χ3n) is 3.87. The Labute approximate surface area is 138 Å². The zero-order chi connectivity index (χ0) is 17.3. The van der Waals surface area contributed by atoms with Crippen LogP contribution in [0.1, 0.15) is 24.4 Å². The van der Waals surface area contributed by atoms with Crippen molar-refractivity contribution < 1.29 is 9.90 Å². The summed E-state index contributed by atoms with van der Waals surface area (Å²) in [6.45, 7) is 3.52. The minimum Gasteiger partial charge on any atom is -0.465 e. The van der Waals surface area contributed by atoms with Crippen LogP contribution in [0, 0.1) is 6.92 Å². The first kappa shape index (κ1) is 15.7. The van der Waals surface area contributed by atoms with Crippen molar-refractivity contribution >= 4 is 17.0 Å². The highest BCUT2D eigenvalue weighted by Gasteiger charge is 2.19. The molecule has 0 bridgehead atoms. The van der Waals surface area contributed by atoms with E-state index in [-0.39, 0.29) is 5.56 Å². The molecule has 24 heavy (non-hydrogen) atoms. The van der Waals surface area contributed by atoms with Crippen LogP contribution in [0.5, 0.6) is 0 Å². The second kappa shape index (κ2) is 6.16. The molecule has 6 nitrogen and oxygen atoms in total. The molecule has 0 saturated carbocycles. The van der Waals surface area contributed by atoms with Crippen LogP contribution in [0.15, 0.2) is 53.3 Å². The molecule has 1 aromatic heterocycles. The lowest BCUT2D eigenvalue weighted by Gasteiger charge is -2.19. The fraction of sp³-hybridized carbons (Fsp3) is 0.167. The number of nitrogens with one attached hydrogen (secondary N) is 1. The summed E-state index contributed by atoms with van der Waals surface area (Å²) in [6, 6.07) is 13.9. The van der Waals surface area contributed by atoms with E-state index < -0.39 is 12.1 Å². The van der Waals surface area contributed by atoms with Gasteiger partial charge in [-0.3, -0.25) is 9.36 Å². The van der Waals surface area contributed by atoms with Crippen LogP contribution in [0.4, 0.5) is 4.79 Å². The minimum atomic E-state index is -1.17. The number of hydrogen-bond acceptors (Lipinski definition) is 3. The molecule has 0 radical (unpaired) electrons. The van der Waals surface area contributed by atoms with Gasteiger partial charge in [-0.25, -0.2) is 9.78 Å². The van der Waals surface area contributed by atoms with Crippen LogP contribution < -0.4 is 10.9 Å². The number of hydrogen-bond donors (Lipinski definition) is 2. The Morgan fingerprint density at radius 1 is 1.17 bits per heavy atom. The van der Waals surface area contributed by atoms with Crippen molar-refractivity contribution in [3.05, 3.63) is 70.3 Å². The van der Waals surface area contributed by atoms with Gasteiger partial charge in [-0.1, -0.05) is 30.3 Å². The lowest BCUT2D eigenvalue weighted by Crippen LogP contribution is -2.32. The maximum Gasteiger partial charge on any atom is 0.405 e. The van der Waals surface area contributed by atoms with Gasteiger partial charge in [0.2, 0.25) is 0 Å². The third-order valence-corrected chi connectivity index (χ3v) is 3.87. The van der Waals surface area contributed by atoms with Gasteiger partial charge in [0, 0.05) is 0 Å². The summed E-state index contributed by atoms with van der Waals surface area (Å²) in [5.41, 5.74) is 1.83. The zero-order valence-electron chi connectivity index (χ0n) is 13.4. The Morgan fingerprint density at radius 3 is 2.54 bits per heavy atom. The highest BCUT2D eigenvalue weighted by Crippen LogP contribution is 2.19. The summed E-state index contributed by atoms with van der Waals surface area (Å²) in [4.78, 5) is 28.7. The smallest absolute Gasteiger partial charge is 0.405 e. The van der Waals surface area contributed by atoms with E-state index in [0.29, 0.717) is 22.4 Å². The fourth-order valence-corrected chi connectivity index (χ4v) is 2.78. The number of benzene rings is 2. The molecule has 0 fully saturated rings. The monoisotopic (exact) mass is 323 g/mol. The molecule has 0 spiro atoms. The third kappa shape index (κ3) is 2.74. The molecule has 1 amide bonds. The van der Waals surface area contributed by atoms with Crippen molar-refractivity contribution in [2.75, 3.05) is 0 Å². The summed E-state index contributed by atoms with van der Waals surface area (Å²) in [5.74, 6) is 0.353. The first-order valence-electron chi connectivity index (χ1n) is 7.56. The molecule has 122 valence electrons. The molecule has 6 heteroatoms. The Balaban J connectivity index is 2.37. The highest BCUT2D eigenvalue weighted by atomic mass is 16.4. The first-order chi connectivity index (χ1) is 11.5. The van der Waals surface area contributed by atoms with E-state index in [2.05, 4.69) is 10.3 Å². The molecule has 0 aliphatic rings. The molecule has 0 aliphatic carbocycles. The number of para-hydroxylation sites is 1. The van der Waals surface area contributed by atoms with E-state index in [9.17, 15) is 9.59 Å². The minimum absolute atomic E-state index is 0.210. The zero-order valence-corrected chi connectivity index (χ0v) is 13.4. The van der Waals surface area contributed by atoms with Gasteiger partial charge >= 0.3 is 6.09 Å². The lowest BCUT2D eigenvalue weighted by atomic mass is 10.1. The first-order valence-corrected chi connectivity index (χ1v) is 7.56. The van der Waals surface area contributed by atoms with Crippen LogP contribution in [0.25, 0.3) is 16.6 Å². The number of fused-ring (bicyclic) bond motifs is 1. The largest absolute Gasteiger partial charge is 0.465 e. The van der Waals surface area contributed by atoms with Crippen molar-refractivity contribution in [3.8, 4) is 5.69 Å². The Kier molecular flexibility index (Phi) is 4.04. The fourth-order valence-electron chi connectivity index (χ4n) is 2.78. The van der Waals surface area contributed by atoms with Crippen molar-refractivity contribution in [1.82, 2.24) is 14.9 Å². The molecule has 0 unspecified atom stereocenters. The van der Waals surface area contributed by atoms with E-state index in [0.717, 1.165) is 5.56 Å². The van der Waals surface area contributed by atoms with Crippen molar-refractivity contribution in [3.63, 3.8) is 0 Å². The standard InChI is InChI=1S/C18H17N3O3/c1-11-7-6-10-14-15(11)17(22)21(13-8-4-3-5-9-13)16(20-14)12(2)19-18(23)24/h3-10,12,19H,1-2H3,(H,23,24)/t12-/m0/s1. The topological polar surface area (TPSA) is 84.2 Å². The molecule has 2 N–H and O–H groups in total. The molecular formula is C18H17N3O3. The van der Waals surface area contributed by atoms with Crippen LogP contribution >= 0.6 is 0 Å². The Hall–Kier alpha value is -3.15. The second-order valence-electron chi connectivity index (χ2n) is 5.59. The number of nitrogens with zero attached hydrogens (tertiary/aromatic N) is 2. The summed E-state index contributed by atoms with van der Waals surface area (Å²) in [6.07, 6.45) is -1.17. The quantitative estimate of drug-likeness (QED) is 0.776. The normalized spacial score (nSPS) is 12.1. The van der Waals surface area contributed by atoms with Crippen molar-refractivity contribution in [2.45, 2.75) is 19.9 Å². The molecule has 0 aliphatic heterocycles. The maximum atomic E-state index is 13.1. The number of amides is 1. The Bertz CT molecular complexity index is 964. The van der Waals surface area contributed by atoms with Gasteiger partial charge < -0.3 is 10.4 Å². The van der Waals surface area contributed by atoms with Gasteiger partial charge in [0.05, 0.1) is 22.6 Å². The molecule has 3 rings (SSSR count). The maximum absolute atomic E-state index is 13.1. The lowest BCUT2D eigenvalue weighted by molar-refractivity contribution is 0.190. The van der Waals surface area contributed by atoms with Gasteiger partial charge in [-0.05, 0) is 37.6 Å². The van der Waals surface area contributed by atoms with Gasteiger partial charge in [0.1, 0.15) is 5.82 Å². The van der Waals surface area contributed by atoms with E-state index in [4.69, 9.17) is 5.11 Å². The van der Waals surface area contributed by atoms with Gasteiger partial charge in [0.25, 0.3) is 5.56 Å². The number of rotatable bonds is 3. The van der Waals surface area contributed by atoms with Crippen molar-refractivity contribution in [1.29, 1.82) is 0 Å². The van der Waals surface area contributed by atoms with E-state index in [1.807, 2.05) is 37.3 Å². The highest BCUT2D eigenvalue weighted by molar-refractivity contribution is 5.81. The predicted octanol–water partition coefficient (Wildman–Crippen LogP) is 3.02. The summed E-state index contributed by atoms with van der Waals surface area (Å²) < 4.78 is 1.47. The average molecular weight is 323 g/mol. The number of carboxylic acid groups (broad SMARTS) is 1. The summed E-state index contributed by atoms with van der Waals surface area (Å²) in [5, 5.41) is 11.9. The SMILES string of the molecule is Cc1cccc2nc([C@H](C)NC(=O)O)n(-c3ccccc3)c(=O)c12. The molecule has 1 heterocycles. The van der Waals surface area contributed by atoms with Gasteiger partial charge in [0.15, 0.2) is 0 Å². The predicted molar refractivity (Wildman–Crippen MR) is 91.7 cm³/mol. The van der Waals surface area contributed by atoms with Crippen LogP contribution in [0.3, 0.4) is 0 Å². The molecule has 1 atom stereocenters. The van der Waals surface area contributed by atoms with Gasteiger partial charge in [-0.15, -0.1) is 0 Å². The molecule has 3 aromatic rings. The summed E-state index contributed by atoms with van der Waals surface area (Å²) in [7, 11) is 0. The van der Waals surface area contributed by atoms with E-state index >= 15 is 0 Å². The molecular weight excluding hydrogens is 306 g/mol.